The van der Waals surface area contributed by atoms with Crippen molar-refractivity contribution in [2.24, 2.45) is 5.73 Å². The molecule has 0 saturated carbocycles. The Morgan fingerprint density at radius 3 is 2.89 bits per heavy atom. The number of nitrogens with one attached hydrogen (secondary N) is 1. The molecular formula is C13H21N5. The smallest absolute Gasteiger partial charge is 0.147 e. The normalized spacial score (nSPS) is 19.8. The summed E-state index contributed by atoms with van der Waals surface area (Å²) in [5.41, 5.74) is 5.83. The van der Waals surface area contributed by atoms with Crippen LogP contribution in [0, 0.1) is 5.41 Å². The van der Waals surface area contributed by atoms with Gasteiger partial charge < -0.3 is 10.6 Å². The van der Waals surface area contributed by atoms with Gasteiger partial charge in [0.1, 0.15) is 17.3 Å². The molecule has 1 unspecified atom stereocenters. The molecule has 2 heterocycles. The maximum Gasteiger partial charge on any atom is 0.147 e. The molecule has 0 amide bonds. The highest BCUT2D eigenvalue weighted by atomic mass is 15.2. The van der Waals surface area contributed by atoms with Gasteiger partial charge in [-0.25, -0.2) is 9.97 Å². The average Bonchev–Trinajstić information content (AvgIpc) is 2.40. The van der Waals surface area contributed by atoms with Crippen molar-refractivity contribution in [1.29, 1.82) is 5.41 Å². The van der Waals surface area contributed by atoms with E-state index in [9.17, 15) is 0 Å². The van der Waals surface area contributed by atoms with Crippen LogP contribution in [0.5, 0.6) is 0 Å². The van der Waals surface area contributed by atoms with Gasteiger partial charge in [0, 0.05) is 12.6 Å². The van der Waals surface area contributed by atoms with Gasteiger partial charge in [-0.1, -0.05) is 13.3 Å². The van der Waals surface area contributed by atoms with Crippen LogP contribution < -0.4 is 10.6 Å². The molecule has 1 atom stereocenters. The van der Waals surface area contributed by atoms with E-state index in [1.54, 1.807) is 12.4 Å². The van der Waals surface area contributed by atoms with Crippen LogP contribution in [0.3, 0.4) is 0 Å². The quantitative estimate of drug-likeness (QED) is 0.629. The van der Waals surface area contributed by atoms with E-state index in [0.717, 1.165) is 12.4 Å². The Kier molecular flexibility index (Phi) is 4.12. The summed E-state index contributed by atoms with van der Waals surface area (Å²) in [5.74, 6) is 0.885. The lowest BCUT2D eigenvalue weighted by atomic mass is 9.98. The fraction of sp³-hybridized carbons (Fsp3) is 0.615. The Morgan fingerprint density at radius 2 is 2.28 bits per heavy atom. The van der Waals surface area contributed by atoms with Gasteiger partial charge in [0.15, 0.2) is 0 Å². The van der Waals surface area contributed by atoms with Crippen LogP contribution in [-0.2, 0) is 0 Å². The Labute approximate surface area is 108 Å². The number of nitrogens with two attached hydrogens (primary N) is 1. The summed E-state index contributed by atoms with van der Waals surface area (Å²) >= 11 is 0. The number of anilines is 1. The zero-order valence-electron chi connectivity index (χ0n) is 10.9. The number of nitrogen functional groups attached to an aromatic ring is 1. The lowest BCUT2D eigenvalue weighted by Crippen LogP contribution is -2.40. The molecule has 2 rings (SSSR count). The van der Waals surface area contributed by atoms with E-state index in [-0.39, 0.29) is 5.84 Å². The Hall–Kier alpha value is -1.65. The summed E-state index contributed by atoms with van der Waals surface area (Å²) in [6.07, 6.45) is 9.50. The number of piperidine rings is 1. The molecule has 0 radical (unpaired) electrons. The second kappa shape index (κ2) is 5.80. The first-order chi connectivity index (χ1) is 8.72. The van der Waals surface area contributed by atoms with Gasteiger partial charge in [-0.2, -0.15) is 0 Å². The summed E-state index contributed by atoms with van der Waals surface area (Å²) < 4.78 is 0. The number of aromatic nitrogens is 2. The van der Waals surface area contributed by atoms with E-state index < -0.39 is 0 Å². The van der Waals surface area contributed by atoms with E-state index in [4.69, 9.17) is 11.1 Å². The predicted molar refractivity (Wildman–Crippen MR) is 72.9 cm³/mol. The van der Waals surface area contributed by atoms with Crippen LogP contribution in [0.4, 0.5) is 5.82 Å². The molecule has 0 bridgehead atoms. The standard InChI is InChI=1S/C13H21N5/c1-2-5-10-6-3-4-7-18(10)12-9-16-11(8-17-12)13(14)15/h8-10H,2-7H2,1H3,(H3,14,15). The zero-order chi connectivity index (χ0) is 13.0. The third-order valence-electron chi connectivity index (χ3n) is 3.46. The van der Waals surface area contributed by atoms with Crippen LogP contribution in [0.2, 0.25) is 0 Å². The average molecular weight is 247 g/mol. The first kappa shape index (κ1) is 12.8. The number of nitrogens with zero attached hydrogens (tertiary/aromatic N) is 3. The predicted octanol–water partition coefficient (Wildman–Crippen LogP) is 1.92. The molecule has 0 spiro atoms. The van der Waals surface area contributed by atoms with Crippen molar-refractivity contribution in [3.8, 4) is 0 Å². The Bertz CT molecular complexity index is 398. The number of hydrogen-bond acceptors (Lipinski definition) is 4. The van der Waals surface area contributed by atoms with Gasteiger partial charge in [0.05, 0.1) is 12.4 Å². The molecule has 1 aromatic rings. The fourth-order valence-corrected chi connectivity index (χ4v) is 2.54. The second-order valence-electron chi connectivity index (χ2n) is 4.81. The van der Waals surface area contributed by atoms with Crippen molar-refractivity contribution >= 4 is 11.7 Å². The summed E-state index contributed by atoms with van der Waals surface area (Å²) in [5, 5.41) is 7.32. The molecule has 1 aliphatic heterocycles. The molecule has 1 aromatic heterocycles. The first-order valence-corrected chi connectivity index (χ1v) is 6.65. The molecule has 98 valence electrons. The Morgan fingerprint density at radius 1 is 1.44 bits per heavy atom. The van der Waals surface area contributed by atoms with E-state index in [0.29, 0.717) is 11.7 Å². The van der Waals surface area contributed by atoms with Gasteiger partial charge in [-0.05, 0) is 25.7 Å². The minimum atomic E-state index is -0.0298. The van der Waals surface area contributed by atoms with Gasteiger partial charge in [0.25, 0.3) is 0 Å². The fourth-order valence-electron chi connectivity index (χ4n) is 2.54. The van der Waals surface area contributed by atoms with Crippen LogP contribution in [-0.4, -0.2) is 28.4 Å². The van der Waals surface area contributed by atoms with Crippen molar-refractivity contribution in [2.45, 2.75) is 45.1 Å². The SMILES string of the molecule is CCCC1CCCCN1c1cnc(C(=N)N)cn1. The minimum absolute atomic E-state index is 0.0298. The van der Waals surface area contributed by atoms with E-state index in [1.807, 2.05) is 0 Å². The van der Waals surface area contributed by atoms with E-state index in [1.165, 1.54) is 32.1 Å². The molecule has 3 N–H and O–H groups in total. The molecule has 5 heteroatoms. The third kappa shape index (κ3) is 2.78. The van der Waals surface area contributed by atoms with Gasteiger partial charge in [-0.15, -0.1) is 0 Å². The van der Waals surface area contributed by atoms with Crippen molar-refractivity contribution in [2.75, 3.05) is 11.4 Å². The highest BCUT2D eigenvalue weighted by Crippen LogP contribution is 2.25. The maximum absolute atomic E-state index is 7.32. The molecule has 1 aliphatic rings. The molecule has 0 aliphatic carbocycles. The van der Waals surface area contributed by atoms with Crippen molar-refractivity contribution in [3.63, 3.8) is 0 Å². The number of amidine groups is 1. The number of rotatable bonds is 4. The highest BCUT2D eigenvalue weighted by molar-refractivity contribution is 5.92. The topological polar surface area (TPSA) is 78.9 Å². The maximum atomic E-state index is 7.32. The zero-order valence-corrected chi connectivity index (χ0v) is 10.9. The van der Waals surface area contributed by atoms with E-state index in [2.05, 4.69) is 21.8 Å². The van der Waals surface area contributed by atoms with E-state index >= 15 is 0 Å². The lowest BCUT2D eigenvalue weighted by molar-refractivity contribution is 0.431. The summed E-state index contributed by atoms with van der Waals surface area (Å²) in [4.78, 5) is 10.9. The minimum Gasteiger partial charge on any atom is -0.382 e. The van der Waals surface area contributed by atoms with Gasteiger partial charge >= 0.3 is 0 Å². The molecule has 1 saturated heterocycles. The first-order valence-electron chi connectivity index (χ1n) is 6.65. The Balaban J connectivity index is 2.15. The molecule has 1 fully saturated rings. The van der Waals surface area contributed by atoms with Crippen molar-refractivity contribution in [1.82, 2.24) is 9.97 Å². The monoisotopic (exact) mass is 247 g/mol. The molecule has 0 aromatic carbocycles. The van der Waals surface area contributed by atoms with Crippen LogP contribution in [0.1, 0.15) is 44.7 Å². The van der Waals surface area contributed by atoms with Crippen LogP contribution in [0.25, 0.3) is 0 Å². The highest BCUT2D eigenvalue weighted by Gasteiger charge is 2.22. The van der Waals surface area contributed by atoms with Crippen molar-refractivity contribution in [3.05, 3.63) is 18.1 Å². The van der Waals surface area contributed by atoms with Gasteiger partial charge in [-0.3, -0.25) is 5.41 Å². The molecule has 18 heavy (non-hydrogen) atoms. The second-order valence-corrected chi connectivity index (χ2v) is 4.81. The number of hydrogen-bond donors (Lipinski definition) is 2. The lowest BCUT2D eigenvalue weighted by Gasteiger charge is -2.36. The van der Waals surface area contributed by atoms with Crippen LogP contribution in [0.15, 0.2) is 12.4 Å². The van der Waals surface area contributed by atoms with Crippen LogP contribution >= 0.6 is 0 Å². The molecule has 5 nitrogen and oxygen atoms in total. The summed E-state index contributed by atoms with van der Waals surface area (Å²) in [7, 11) is 0. The van der Waals surface area contributed by atoms with Crippen molar-refractivity contribution < 1.29 is 0 Å². The largest absolute Gasteiger partial charge is 0.382 e. The summed E-state index contributed by atoms with van der Waals surface area (Å²) in [6, 6.07) is 0.584. The van der Waals surface area contributed by atoms with Gasteiger partial charge in [0.2, 0.25) is 0 Å². The molecular weight excluding hydrogens is 226 g/mol. The summed E-state index contributed by atoms with van der Waals surface area (Å²) in [6.45, 7) is 3.27. The third-order valence-corrected chi connectivity index (χ3v) is 3.46.